The van der Waals surface area contributed by atoms with Gasteiger partial charge in [0.2, 0.25) is 0 Å². The third-order valence-electron chi connectivity index (χ3n) is 3.64. The maximum atomic E-state index is 12.4. The fraction of sp³-hybridized carbons (Fsp3) is 0.692. The molecule has 1 fully saturated rings. The first-order valence-corrected chi connectivity index (χ1v) is 6.68. The Labute approximate surface area is 108 Å². The van der Waals surface area contributed by atoms with Crippen LogP contribution in [-0.2, 0) is 7.05 Å². The van der Waals surface area contributed by atoms with Gasteiger partial charge in [-0.3, -0.25) is 4.79 Å². The highest BCUT2D eigenvalue weighted by Crippen LogP contribution is 2.15. The maximum Gasteiger partial charge on any atom is 0.272 e. The summed E-state index contributed by atoms with van der Waals surface area (Å²) in [7, 11) is 1.86. The van der Waals surface area contributed by atoms with Gasteiger partial charge in [-0.05, 0) is 38.8 Å². The molecule has 0 radical (unpaired) electrons. The Balaban J connectivity index is 1.99. The predicted octanol–water partition coefficient (Wildman–Crippen LogP) is 0.882. The zero-order chi connectivity index (χ0) is 13.0. The van der Waals surface area contributed by atoms with Gasteiger partial charge in [0.1, 0.15) is 5.69 Å². The number of carbonyl (C=O) groups is 1. The lowest BCUT2D eigenvalue weighted by molar-refractivity contribution is 0.0717. The number of hydrogen-bond acceptors (Lipinski definition) is 3. The molecule has 1 aromatic heterocycles. The monoisotopic (exact) mass is 250 g/mol. The third kappa shape index (κ3) is 2.90. The van der Waals surface area contributed by atoms with E-state index in [1.54, 1.807) is 17.1 Å². The largest absolute Gasteiger partial charge is 0.337 e. The van der Waals surface area contributed by atoms with Gasteiger partial charge >= 0.3 is 0 Å². The molecule has 0 spiro atoms. The van der Waals surface area contributed by atoms with Crippen LogP contribution in [0.1, 0.15) is 30.3 Å². The first kappa shape index (κ1) is 13.1. The van der Waals surface area contributed by atoms with Crippen molar-refractivity contribution in [3.63, 3.8) is 0 Å². The molecule has 1 amide bonds. The van der Waals surface area contributed by atoms with Crippen LogP contribution in [0.25, 0.3) is 0 Å². The first-order chi connectivity index (χ1) is 8.72. The number of aryl methyl sites for hydroxylation is 1. The van der Waals surface area contributed by atoms with Crippen molar-refractivity contribution >= 4 is 5.91 Å². The fourth-order valence-electron chi connectivity index (χ4n) is 2.46. The molecule has 5 heteroatoms. The highest BCUT2D eigenvalue weighted by Gasteiger charge is 2.22. The lowest BCUT2D eigenvalue weighted by Crippen LogP contribution is -2.39. The van der Waals surface area contributed by atoms with Crippen LogP contribution in [0.5, 0.6) is 0 Å². The quantitative estimate of drug-likeness (QED) is 0.863. The molecule has 2 rings (SSSR count). The normalized spacial score (nSPS) is 16.8. The number of aromatic nitrogens is 2. The molecule has 1 aromatic rings. The molecule has 0 aromatic carbocycles. The van der Waals surface area contributed by atoms with E-state index in [-0.39, 0.29) is 5.91 Å². The highest BCUT2D eigenvalue weighted by atomic mass is 16.2. The van der Waals surface area contributed by atoms with Crippen molar-refractivity contribution in [3.05, 3.63) is 18.2 Å². The summed E-state index contributed by atoms with van der Waals surface area (Å²) in [6, 6.07) is 0. The van der Waals surface area contributed by atoms with E-state index in [2.05, 4.69) is 10.3 Å². The molecule has 1 aliphatic heterocycles. The van der Waals surface area contributed by atoms with Gasteiger partial charge in [0.15, 0.2) is 0 Å². The van der Waals surface area contributed by atoms with Gasteiger partial charge in [0.05, 0.1) is 12.5 Å². The van der Waals surface area contributed by atoms with Gasteiger partial charge in [-0.15, -0.1) is 0 Å². The molecule has 100 valence electrons. The average Bonchev–Trinajstić information content (AvgIpc) is 2.82. The van der Waals surface area contributed by atoms with Crippen molar-refractivity contribution in [2.75, 3.05) is 26.2 Å². The van der Waals surface area contributed by atoms with Crippen LogP contribution in [0.2, 0.25) is 0 Å². The zero-order valence-electron chi connectivity index (χ0n) is 11.2. The number of nitrogens with zero attached hydrogens (tertiary/aromatic N) is 3. The second kappa shape index (κ2) is 6.00. The van der Waals surface area contributed by atoms with Gasteiger partial charge in [-0.2, -0.15) is 0 Å². The van der Waals surface area contributed by atoms with Crippen molar-refractivity contribution in [2.45, 2.75) is 19.8 Å². The van der Waals surface area contributed by atoms with Crippen LogP contribution in [0.3, 0.4) is 0 Å². The van der Waals surface area contributed by atoms with Crippen LogP contribution >= 0.6 is 0 Å². The van der Waals surface area contributed by atoms with Crippen LogP contribution in [0.15, 0.2) is 12.5 Å². The predicted molar refractivity (Wildman–Crippen MR) is 70.4 cm³/mol. The van der Waals surface area contributed by atoms with E-state index in [1.807, 2.05) is 18.9 Å². The average molecular weight is 250 g/mol. The summed E-state index contributed by atoms with van der Waals surface area (Å²) >= 11 is 0. The van der Waals surface area contributed by atoms with Crippen molar-refractivity contribution < 1.29 is 4.79 Å². The SMILES string of the molecule is CCN(CC1CCNCC1)C(=O)c1cncn1C. The summed E-state index contributed by atoms with van der Waals surface area (Å²) in [4.78, 5) is 18.3. The van der Waals surface area contributed by atoms with Gasteiger partial charge in [0.25, 0.3) is 5.91 Å². The second-order valence-electron chi connectivity index (χ2n) is 4.93. The number of imidazole rings is 1. The minimum Gasteiger partial charge on any atom is -0.337 e. The van der Waals surface area contributed by atoms with Crippen LogP contribution in [0.4, 0.5) is 0 Å². The third-order valence-corrected chi connectivity index (χ3v) is 3.64. The molecule has 0 aliphatic carbocycles. The molecule has 5 nitrogen and oxygen atoms in total. The molecular formula is C13H22N4O. The maximum absolute atomic E-state index is 12.4. The zero-order valence-corrected chi connectivity index (χ0v) is 11.2. The van der Waals surface area contributed by atoms with E-state index in [9.17, 15) is 4.79 Å². The number of hydrogen-bond donors (Lipinski definition) is 1. The summed E-state index contributed by atoms with van der Waals surface area (Å²) in [6.45, 7) is 5.80. The Bertz CT molecular complexity index is 395. The number of amides is 1. The Kier molecular flexibility index (Phi) is 4.36. The molecule has 1 N–H and O–H groups in total. The van der Waals surface area contributed by atoms with E-state index in [1.165, 1.54) is 0 Å². The van der Waals surface area contributed by atoms with Crippen molar-refractivity contribution in [1.29, 1.82) is 0 Å². The standard InChI is InChI=1S/C13H22N4O/c1-3-17(9-11-4-6-14-7-5-11)13(18)12-8-15-10-16(12)2/h8,10-11,14H,3-7,9H2,1-2H3. The van der Waals surface area contributed by atoms with E-state index in [0.717, 1.165) is 39.0 Å². The van der Waals surface area contributed by atoms with E-state index < -0.39 is 0 Å². The summed E-state index contributed by atoms with van der Waals surface area (Å²) in [6.07, 6.45) is 5.64. The van der Waals surface area contributed by atoms with Crippen molar-refractivity contribution in [3.8, 4) is 0 Å². The molecular weight excluding hydrogens is 228 g/mol. The smallest absolute Gasteiger partial charge is 0.272 e. The Morgan fingerprint density at radius 2 is 2.28 bits per heavy atom. The molecule has 0 atom stereocenters. The lowest BCUT2D eigenvalue weighted by Gasteiger charge is -2.29. The molecule has 18 heavy (non-hydrogen) atoms. The van der Waals surface area contributed by atoms with Crippen molar-refractivity contribution in [2.24, 2.45) is 13.0 Å². The topological polar surface area (TPSA) is 50.2 Å². The van der Waals surface area contributed by atoms with E-state index in [0.29, 0.717) is 11.6 Å². The molecule has 1 aliphatic rings. The number of carbonyl (C=O) groups excluding carboxylic acids is 1. The van der Waals surface area contributed by atoms with Crippen molar-refractivity contribution in [1.82, 2.24) is 19.8 Å². The number of rotatable bonds is 4. The summed E-state index contributed by atoms with van der Waals surface area (Å²) in [5, 5.41) is 3.35. The van der Waals surface area contributed by atoms with E-state index >= 15 is 0 Å². The number of nitrogens with one attached hydrogen (secondary N) is 1. The minimum atomic E-state index is 0.0935. The number of piperidine rings is 1. The second-order valence-corrected chi connectivity index (χ2v) is 4.93. The highest BCUT2D eigenvalue weighted by molar-refractivity contribution is 5.92. The Morgan fingerprint density at radius 1 is 1.56 bits per heavy atom. The fourth-order valence-corrected chi connectivity index (χ4v) is 2.46. The molecule has 2 heterocycles. The molecule has 0 bridgehead atoms. The van der Waals surface area contributed by atoms with Gasteiger partial charge in [0, 0.05) is 20.1 Å². The minimum absolute atomic E-state index is 0.0935. The lowest BCUT2D eigenvalue weighted by atomic mass is 9.97. The van der Waals surface area contributed by atoms with Crippen LogP contribution in [0, 0.1) is 5.92 Å². The molecule has 0 unspecified atom stereocenters. The molecule has 0 saturated carbocycles. The molecule has 1 saturated heterocycles. The van der Waals surface area contributed by atoms with Gasteiger partial charge < -0.3 is 14.8 Å². The summed E-state index contributed by atoms with van der Waals surface area (Å²) in [5.74, 6) is 0.722. The van der Waals surface area contributed by atoms with Crippen LogP contribution < -0.4 is 5.32 Å². The van der Waals surface area contributed by atoms with Crippen LogP contribution in [-0.4, -0.2) is 46.5 Å². The van der Waals surface area contributed by atoms with E-state index in [4.69, 9.17) is 0 Å². The summed E-state index contributed by atoms with van der Waals surface area (Å²) < 4.78 is 1.79. The van der Waals surface area contributed by atoms with Gasteiger partial charge in [-0.25, -0.2) is 4.98 Å². The Morgan fingerprint density at radius 3 is 2.83 bits per heavy atom. The van der Waals surface area contributed by atoms with Gasteiger partial charge in [-0.1, -0.05) is 0 Å². The first-order valence-electron chi connectivity index (χ1n) is 6.68. The Hall–Kier alpha value is -1.36. The summed E-state index contributed by atoms with van der Waals surface area (Å²) in [5.41, 5.74) is 0.672.